The fourth-order valence-electron chi connectivity index (χ4n) is 2.66. The first-order valence-electron chi connectivity index (χ1n) is 8.51. The molecule has 0 aliphatic heterocycles. The van der Waals surface area contributed by atoms with E-state index in [0.717, 1.165) is 27.3 Å². The largest absolute Gasteiger partial charge is 0.494 e. The summed E-state index contributed by atoms with van der Waals surface area (Å²) in [6.07, 6.45) is -2.57. The van der Waals surface area contributed by atoms with Gasteiger partial charge in [-0.1, -0.05) is 18.2 Å². The highest BCUT2D eigenvalue weighted by Crippen LogP contribution is 2.32. The zero-order valence-corrected chi connectivity index (χ0v) is 15.5. The van der Waals surface area contributed by atoms with Gasteiger partial charge in [0.05, 0.1) is 17.0 Å². The predicted molar refractivity (Wildman–Crippen MR) is 101 cm³/mol. The molecule has 0 unspecified atom stereocenters. The quantitative estimate of drug-likeness (QED) is 0.575. The summed E-state index contributed by atoms with van der Waals surface area (Å²) >= 11 is 1.51. The van der Waals surface area contributed by atoms with E-state index in [1.54, 1.807) is 12.3 Å². The van der Waals surface area contributed by atoms with E-state index < -0.39 is 11.7 Å². The lowest BCUT2D eigenvalue weighted by molar-refractivity contribution is -0.138. The second kappa shape index (κ2) is 8.54. The van der Waals surface area contributed by atoms with E-state index in [9.17, 15) is 13.2 Å². The summed E-state index contributed by atoms with van der Waals surface area (Å²) < 4.78 is 44.5. The van der Waals surface area contributed by atoms with Crippen LogP contribution in [-0.4, -0.2) is 11.6 Å². The van der Waals surface area contributed by atoms with Gasteiger partial charge < -0.3 is 10.1 Å². The van der Waals surface area contributed by atoms with Crippen molar-refractivity contribution < 1.29 is 17.9 Å². The summed E-state index contributed by atoms with van der Waals surface area (Å²) in [6, 6.07) is 13.4. The van der Waals surface area contributed by atoms with Crippen molar-refractivity contribution in [3.8, 4) is 16.2 Å². The van der Waals surface area contributed by atoms with Gasteiger partial charge in [-0.25, -0.2) is 4.98 Å². The fourth-order valence-corrected chi connectivity index (χ4v) is 3.56. The molecule has 0 atom stereocenters. The number of halogens is 3. The molecule has 0 radical (unpaired) electrons. The van der Waals surface area contributed by atoms with Crippen LogP contribution < -0.4 is 10.1 Å². The first-order chi connectivity index (χ1) is 13.0. The van der Waals surface area contributed by atoms with E-state index in [1.165, 1.54) is 23.5 Å². The van der Waals surface area contributed by atoms with Gasteiger partial charge >= 0.3 is 6.18 Å². The lowest BCUT2D eigenvalue weighted by Gasteiger charge is -2.12. The Kier molecular flexibility index (Phi) is 6.13. The number of hydrogen-bond acceptors (Lipinski definition) is 4. The van der Waals surface area contributed by atoms with Gasteiger partial charge in [-0.15, -0.1) is 11.3 Å². The fraction of sp³-hybridized carbons (Fsp3) is 0.250. The molecule has 1 N–H and O–H groups in total. The molecule has 142 valence electrons. The maximum absolute atomic E-state index is 13.0. The van der Waals surface area contributed by atoms with Crippen LogP contribution in [0, 0.1) is 0 Å². The molecule has 3 nitrogen and oxygen atoms in total. The summed E-state index contributed by atoms with van der Waals surface area (Å²) in [4.78, 5) is 5.36. The Bertz CT molecular complexity index is 875. The number of benzene rings is 2. The van der Waals surface area contributed by atoms with Gasteiger partial charge in [-0.2, -0.15) is 13.2 Å². The van der Waals surface area contributed by atoms with Gasteiger partial charge in [0.15, 0.2) is 0 Å². The molecule has 0 aliphatic carbocycles. The summed E-state index contributed by atoms with van der Waals surface area (Å²) in [5, 5.41) is 3.87. The molecule has 3 aromatic rings. The second-order valence-electron chi connectivity index (χ2n) is 5.83. The minimum atomic E-state index is -4.35. The van der Waals surface area contributed by atoms with Crippen molar-refractivity contribution in [2.75, 3.05) is 6.61 Å². The summed E-state index contributed by atoms with van der Waals surface area (Å²) in [6.45, 7) is 3.10. The number of aromatic nitrogens is 1. The summed E-state index contributed by atoms with van der Waals surface area (Å²) in [5.41, 5.74) is 0.657. The van der Waals surface area contributed by atoms with Crippen LogP contribution >= 0.6 is 11.3 Å². The van der Waals surface area contributed by atoms with Crippen molar-refractivity contribution in [1.82, 2.24) is 10.3 Å². The van der Waals surface area contributed by atoms with E-state index in [1.807, 2.05) is 31.2 Å². The van der Waals surface area contributed by atoms with Crippen molar-refractivity contribution in [3.05, 3.63) is 70.9 Å². The standard InChI is InChI=1S/C20H19F3N2OS/c1-2-26-16-9-7-14(8-10-16)18-12-25-19(27-18)13-24-11-15-5-3-4-6-17(15)20(21,22)23/h3-10,12,24H,2,11,13H2,1H3. The Labute approximate surface area is 159 Å². The molecule has 0 aliphatic rings. The number of thiazole rings is 1. The molecule has 27 heavy (non-hydrogen) atoms. The maximum atomic E-state index is 13.0. The van der Waals surface area contributed by atoms with E-state index in [0.29, 0.717) is 13.2 Å². The Hall–Kier alpha value is -2.38. The van der Waals surface area contributed by atoms with Crippen molar-refractivity contribution in [1.29, 1.82) is 0 Å². The average molecular weight is 392 g/mol. The van der Waals surface area contributed by atoms with E-state index in [-0.39, 0.29) is 12.1 Å². The van der Waals surface area contributed by atoms with Crippen LogP contribution in [0.1, 0.15) is 23.1 Å². The molecule has 1 heterocycles. The van der Waals surface area contributed by atoms with Crippen molar-refractivity contribution in [2.24, 2.45) is 0 Å². The third kappa shape index (κ3) is 5.08. The van der Waals surface area contributed by atoms with Gasteiger partial charge in [-0.3, -0.25) is 0 Å². The van der Waals surface area contributed by atoms with E-state index in [4.69, 9.17) is 4.74 Å². The number of ether oxygens (including phenoxy) is 1. The third-order valence-electron chi connectivity index (χ3n) is 3.92. The van der Waals surface area contributed by atoms with Gasteiger partial charge in [0.2, 0.25) is 0 Å². The molecular weight excluding hydrogens is 373 g/mol. The number of nitrogens with zero attached hydrogens (tertiary/aromatic N) is 1. The number of alkyl halides is 3. The molecule has 0 spiro atoms. The van der Waals surface area contributed by atoms with E-state index >= 15 is 0 Å². The second-order valence-corrected chi connectivity index (χ2v) is 6.95. The van der Waals surface area contributed by atoms with Crippen LogP contribution in [0.25, 0.3) is 10.4 Å². The molecular formula is C20H19F3N2OS. The van der Waals surface area contributed by atoms with Crippen LogP contribution in [0.5, 0.6) is 5.75 Å². The SMILES string of the molecule is CCOc1ccc(-c2cnc(CNCc3ccccc3C(F)(F)F)s2)cc1. The van der Waals surface area contributed by atoms with Crippen LogP contribution in [0.3, 0.4) is 0 Å². The third-order valence-corrected chi connectivity index (χ3v) is 4.96. The highest BCUT2D eigenvalue weighted by molar-refractivity contribution is 7.15. The zero-order chi connectivity index (χ0) is 19.3. The Balaban J connectivity index is 1.61. The van der Waals surface area contributed by atoms with Crippen molar-refractivity contribution in [2.45, 2.75) is 26.2 Å². The first-order valence-corrected chi connectivity index (χ1v) is 9.33. The van der Waals surface area contributed by atoms with E-state index in [2.05, 4.69) is 10.3 Å². The van der Waals surface area contributed by atoms with Crippen molar-refractivity contribution >= 4 is 11.3 Å². The van der Waals surface area contributed by atoms with Crippen LogP contribution in [-0.2, 0) is 19.3 Å². The van der Waals surface area contributed by atoms with Gasteiger partial charge in [0.1, 0.15) is 10.8 Å². The molecule has 0 fully saturated rings. The minimum absolute atomic E-state index is 0.133. The Morgan fingerprint density at radius 2 is 1.78 bits per heavy atom. The molecule has 0 bridgehead atoms. The predicted octanol–water partition coefficient (Wildman–Crippen LogP) is 5.52. The molecule has 1 aromatic heterocycles. The molecule has 0 saturated heterocycles. The highest BCUT2D eigenvalue weighted by atomic mass is 32.1. The first kappa shape index (κ1) is 19.4. The van der Waals surface area contributed by atoms with Crippen molar-refractivity contribution in [3.63, 3.8) is 0 Å². The number of hydrogen-bond donors (Lipinski definition) is 1. The van der Waals surface area contributed by atoms with Crippen LogP contribution in [0.15, 0.2) is 54.7 Å². The molecule has 0 saturated carbocycles. The maximum Gasteiger partial charge on any atom is 0.416 e. The topological polar surface area (TPSA) is 34.1 Å². The zero-order valence-electron chi connectivity index (χ0n) is 14.7. The van der Waals surface area contributed by atoms with Gasteiger partial charge in [-0.05, 0) is 48.4 Å². The number of rotatable bonds is 7. The van der Waals surface area contributed by atoms with Crippen LogP contribution in [0.2, 0.25) is 0 Å². The Morgan fingerprint density at radius 1 is 1.04 bits per heavy atom. The minimum Gasteiger partial charge on any atom is -0.494 e. The smallest absolute Gasteiger partial charge is 0.416 e. The summed E-state index contributed by atoms with van der Waals surface area (Å²) in [7, 11) is 0. The van der Waals surface area contributed by atoms with Gasteiger partial charge in [0.25, 0.3) is 0 Å². The Morgan fingerprint density at radius 3 is 2.48 bits per heavy atom. The summed E-state index contributed by atoms with van der Waals surface area (Å²) in [5.74, 6) is 0.816. The van der Waals surface area contributed by atoms with Gasteiger partial charge in [0, 0.05) is 19.3 Å². The monoisotopic (exact) mass is 392 g/mol. The lowest BCUT2D eigenvalue weighted by atomic mass is 10.1. The molecule has 0 amide bonds. The molecule has 7 heteroatoms. The molecule has 2 aromatic carbocycles. The average Bonchev–Trinajstić information content (AvgIpc) is 3.11. The normalized spacial score (nSPS) is 11.6. The molecule has 3 rings (SSSR count). The number of nitrogens with one attached hydrogen (secondary N) is 1. The van der Waals surface area contributed by atoms with Crippen LogP contribution in [0.4, 0.5) is 13.2 Å². The highest BCUT2D eigenvalue weighted by Gasteiger charge is 2.32. The lowest BCUT2D eigenvalue weighted by Crippen LogP contribution is -2.17.